The Bertz CT molecular complexity index is 641. The molecular formula is C17H17F2N3O2. The van der Waals surface area contributed by atoms with Crippen LogP contribution in [0, 0.1) is 11.6 Å². The third-order valence-corrected chi connectivity index (χ3v) is 3.08. The molecule has 0 radical (unpaired) electrons. The summed E-state index contributed by atoms with van der Waals surface area (Å²) in [7, 11) is 1.62. The fourth-order valence-corrected chi connectivity index (χ4v) is 2.01. The van der Waals surface area contributed by atoms with Crippen LogP contribution in [0.4, 0.5) is 20.2 Å². The molecule has 0 atom stereocenters. The second kappa shape index (κ2) is 8.16. The summed E-state index contributed by atoms with van der Waals surface area (Å²) in [6.45, 7) is -0.0115. The maximum atomic E-state index is 12.8. The van der Waals surface area contributed by atoms with Gasteiger partial charge in [-0.25, -0.2) is 8.78 Å². The molecular weight excluding hydrogens is 316 g/mol. The highest BCUT2D eigenvalue weighted by atomic mass is 19.1. The van der Waals surface area contributed by atoms with Crippen LogP contribution in [0.5, 0.6) is 0 Å². The van der Waals surface area contributed by atoms with Crippen LogP contribution in [0.3, 0.4) is 0 Å². The third-order valence-electron chi connectivity index (χ3n) is 3.08. The molecule has 5 nitrogen and oxygen atoms in total. The lowest BCUT2D eigenvalue weighted by Gasteiger charge is -2.16. The lowest BCUT2D eigenvalue weighted by molar-refractivity contribution is -0.119. The van der Waals surface area contributed by atoms with Crippen molar-refractivity contribution in [3.63, 3.8) is 0 Å². The van der Waals surface area contributed by atoms with E-state index in [-0.39, 0.29) is 36.5 Å². The number of likely N-dealkylation sites (N-methyl/N-ethyl adjacent to an activating group) is 1. The molecule has 0 unspecified atom stereocenters. The van der Waals surface area contributed by atoms with E-state index in [4.69, 9.17) is 0 Å². The van der Waals surface area contributed by atoms with Gasteiger partial charge in [-0.1, -0.05) is 0 Å². The first-order valence-electron chi connectivity index (χ1n) is 7.22. The SMILES string of the molecule is CN(CC(=O)Nc1ccc(F)cc1)CC(=O)Nc1ccc(F)cc1. The first-order valence-corrected chi connectivity index (χ1v) is 7.22. The van der Waals surface area contributed by atoms with E-state index in [1.165, 1.54) is 53.4 Å². The van der Waals surface area contributed by atoms with E-state index in [0.717, 1.165) is 0 Å². The first kappa shape index (κ1) is 17.6. The molecule has 0 bridgehead atoms. The van der Waals surface area contributed by atoms with Crippen molar-refractivity contribution in [3.05, 3.63) is 60.2 Å². The van der Waals surface area contributed by atoms with Crippen LogP contribution in [0.1, 0.15) is 0 Å². The highest BCUT2D eigenvalue weighted by Crippen LogP contribution is 2.09. The summed E-state index contributed by atoms with van der Waals surface area (Å²) in [4.78, 5) is 25.3. The number of hydrogen-bond acceptors (Lipinski definition) is 3. The molecule has 0 heterocycles. The van der Waals surface area contributed by atoms with Crippen molar-refractivity contribution in [2.45, 2.75) is 0 Å². The van der Waals surface area contributed by atoms with Crippen molar-refractivity contribution in [3.8, 4) is 0 Å². The van der Waals surface area contributed by atoms with Gasteiger partial charge in [-0.2, -0.15) is 0 Å². The average Bonchev–Trinajstić information content (AvgIpc) is 2.51. The van der Waals surface area contributed by atoms with Crippen molar-refractivity contribution < 1.29 is 18.4 Å². The van der Waals surface area contributed by atoms with Crippen molar-refractivity contribution in [1.82, 2.24) is 4.90 Å². The molecule has 0 saturated heterocycles. The summed E-state index contributed by atoms with van der Waals surface area (Å²) < 4.78 is 25.6. The maximum Gasteiger partial charge on any atom is 0.238 e. The van der Waals surface area contributed by atoms with Crippen molar-refractivity contribution in [1.29, 1.82) is 0 Å². The van der Waals surface area contributed by atoms with Crippen LogP contribution in [-0.4, -0.2) is 36.9 Å². The minimum absolute atomic E-state index is 0.00574. The molecule has 2 rings (SSSR count). The van der Waals surface area contributed by atoms with Crippen LogP contribution in [-0.2, 0) is 9.59 Å². The second-order valence-corrected chi connectivity index (χ2v) is 5.28. The topological polar surface area (TPSA) is 61.4 Å². The molecule has 0 aliphatic carbocycles. The van der Waals surface area contributed by atoms with E-state index < -0.39 is 0 Å². The molecule has 0 fully saturated rings. The third kappa shape index (κ3) is 5.77. The maximum absolute atomic E-state index is 12.8. The molecule has 2 aromatic rings. The zero-order chi connectivity index (χ0) is 17.5. The molecule has 0 saturated carbocycles. The predicted octanol–water partition coefficient (Wildman–Crippen LogP) is 2.47. The largest absolute Gasteiger partial charge is 0.325 e. The van der Waals surface area contributed by atoms with E-state index in [2.05, 4.69) is 10.6 Å². The molecule has 2 amide bonds. The predicted molar refractivity (Wildman–Crippen MR) is 87.6 cm³/mol. The van der Waals surface area contributed by atoms with Crippen LogP contribution >= 0.6 is 0 Å². The second-order valence-electron chi connectivity index (χ2n) is 5.28. The Morgan fingerprint density at radius 3 is 1.46 bits per heavy atom. The van der Waals surface area contributed by atoms with Crippen molar-refractivity contribution >= 4 is 23.2 Å². The van der Waals surface area contributed by atoms with Gasteiger partial charge in [-0.3, -0.25) is 14.5 Å². The number of anilines is 2. The number of benzene rings is 2. The Labute approximate surface area is 138 Å². The molecule has 0 aliphatic rings. The first-order chi connectivity index (χ1) is 11.4. The van der Waals surface area contributed by atoms with E-state index in [1.54, 1.807) is 7.05 Å². The molecule has 0 aromatic heterocycles. The molecule has 2 aromatic carbocycles. The molecule has 126 valence electrons. The number of carbonyl (C=O) groups excluding carboxylic acids is 2. The van der Waals surface area contributed by atoms with E-state index >= 15 is 0 Å². The van der Waals surface area contributed by atoms with Crippen LogP contribution in [0.15, 0.2) is 48.5 Å². The summed E-state index contributed by atoms with van der Waals surface area (Å²) in [5, 5.41) is 5.22. The van der Waals surface area contributed by atoms with Gasteiger partial charge in [0.05, 0.1) is 13.1 Å². The van der Waals surface area contributed by atoms with Crippen molar-refractivity contribution in [2.24, 2.45) is 0 Å². The number of hydrogen-bond donors (Lipinski definition) is 2. The van der Waals surface area contributed by atoms with Crippen LogP contribution in [0.25, 0.3) is 0 Å². The Balaban J connectivity index is 1.78. The van der Waals surface area contributed by atoms with Gasteiger partial charge in [-0.15, -0.1) is 0 Å². The summed E-state index contributed by atoms with van der Waals surface area (Å²) >= 11 is 0. The zero-order valence-corrected chi connectivity index (χ0v) is 13.1. The highest BCUT2D eigenvalue weighted by molar-refractivity contribution is 5.94. The fraction of sp³-hybridized carbons (Fsp3) is 0.176. The molecule has 7 heteroatoms. The quantitative estimate of drug-likeness (QED) is 0.854. The monoisotopic (exact) mass is 333 g/mol. The number of amides is 2. The number of nitrogens with zero attached hydrogens (tertiary/aromatic N) is 1. The van der Waals surface area contributed by atoms with Crippen LogP contribution < -0.4 is 10.6 Å². The van der Waals surface area contributed by atoms with E-state index in [0.29, 0.717) is 11.4 Å². The van der Waals surface area contributed by atoms with Gasteiger partial charge in [0, 0.05) is 11.4 Å². The van der Waals surface area contributed by atoms with E-state index in [9.17, 15) is 18.4 Å². The minimum Gasteiger partial charge on any atom is -0.325 e. The number of halogens is 2. The minimum atomic E-state index is -0.386. The van der Waals surface area contributed by atoms with Gasteiger partial charge < -0.3 is 10.6 Å². The Morgan fingerprint density at radius 2 is 1.12 bits per heavy atom. The number of carbonyl (C=O) groups is 2. The van der Waals surface area contributed by atoms with Gasteiger partial charge in [-0.05, 0) is 55.6 Å². The molecule has 0 spiro atoms. The van der Waals surface area contributed by atoms with Crippen LogP contribution in [0.2, 0.25) is 0 Å². The van der Waals surface area contributed by atoms with E-state index in [1.807, 2.05) is 0 Å². The van der Waals surface area contributed by atoms with Gasteiger partial charge >= 0.3 is 0 Å². The summed E-state index contributed by atoms with van der Waals surface area (Å²) in [6.07, 6.45) is 0. The van der Waals surface area contributed by atoms with Crippen molar-refractivity contribution in [2.75, 3.05) is 30.8 Å². The Hall–Kier alpha value is -2.80. The normalized spacial score (nSPS) is 10.5. The smallest absolute Gasteiger partial charge is 0.238 e. The average molecular weight is 333 g/mol. The van der Waals surface area contributed by atoms with Gasteiger partial charge in [0.1, 0.15) is 11.6 Å². The van der Waals surface area contributed by atoms with Gasteiger partial charge in [0.25, 0.3) is 0 Å². The molecule has 24 heavy (non-hydrogen) atoms. The lowest BCUT2D eigenvalue weighted by atomic mass is 10.3. The highest BCUT2D eigenvalue weighted by Gasteiger charge is 2.11. The Morgan fingerprint density at radius 1 is 0.792 bits per heavy atom. The lowest BCUT2D eigenvalue weighted by Crippen LogP contribution is -2.36. The number of nitrogens with one attached hydrogen (secondary N) is 2. The standard InChI is InChI=1S/C17H17F2N3O2/c1-22(10-16(23)20-14-6-2-12(18)3-7-14)11-17(24)21-15-8-4-13(19)5-9-15/h2-9H,10-11H2,1H3,(H,20,23)(H,21,24). The van der Waals surface area contributed by atoms with Gasteiger partial charge in [0.15, 0.2) is 0 Å². The summed E-state index contributed by atoms with van der Waals surface area (Å²) in [5.41, 5.74) is 0.955. The fourth-order valence-electron chi connectivity index (χ4n) is 2.01. The number of rotatable bonds is 6. The zero-order valence-electron chi connectivity index (χ0n) is 13.1. The molecule has 0 aliphatic heterocycles. The van der Waals surface area contributed by atoms with Gasteiger partial charge in [0.2, 0.25) is 11.8 Å². The molecule has 2 N–H and O–H groups in total. The Kier molecular flexibility index (Phi) is 5.97. The summed E-state index contributed by atoms with van der Waals surface area (Å²) in [6, 6.07) is 10.8. The summed E-state index contributed by atoms with van der Waals surface area (Å²) in [5.74, 6) is -1.41.